The average Bonchev–Trinajstić information content (AvgIpc) is 2.85. The van der Waals surface area contributed by atoms with Crippen LogP contribution in [0.4, 0.5) is 6.01 Å². The summed E-state index contributed by atoms with van der Waals surface area (Å²) in [7, 11) is 0. The second-order valence-electron chi connectivity index (χ2n) is 5.02. The third-order valence-electron chi connectivity index (χ3n) is 3.69. The predicted octanol–water partition coefficient (Wildman–Crippen LogP) is 3.58. The fraction of sp³-hybridized carbons (Fsp3) is 0.846. The van der Waals surface area contributed by atoms with Crippen LogP contribution in [0, 0.1) is 5.92 Å². The Morgan fingerprint density at radius 2 is 2.24 bits per heavy atom. The molecule has 96 valence electrons. The quantitative estimate of drug-likeness (QED) is 0.850. The van der Waals surface area contributed by atoms with E-state index < -0.39 is 0 Å². The van der Waals surface area contributed by atoms with Crippen molar-refractivity contribution in [2.24, 2.45) is 5.92 Å². The van der Waals surface area contributed by atoms with Crippen LogP contribution >= 0.6 is 0 Å². The fourth-order valence-corrected chi connectivity index (χ4v) is 2.60. The number of anilines is 1. The molecule has 1 saturated carbocycles. The second kappa shape index (κ2) is 6.03. The number of aromatic nitrogens is 2. The summed E-state index contributed by atoms with van der Waals surface area (Å²) in [5, 5.41) is 7.25. The van der Waals surface area contributed by atoms with Crippen molar-refractivity contribution >= 4 is 6.01 Å². The average molecular weight is 237 g/mol. The van der Waals surface area contributed by atoms with Gasteiger partial charge in [-0.1, -0.05) is 38.3 Å². The highest BCUT2D eigenvalue weighted by atomic mass is 16.5. The van der Waals surface area contributed by atoms with Crippen LogP contribution in [0.1, 0.15) is 64.1 Å². The Balaban J connectivity index is 1.94. The van der Waals surface area contributed by atoms with Gasteiger partial charge >= 0.3 is 6.01 Å². The molecule has 0 amide bonds. The van der Waals surface area contributed by atoms with Gasteiger partial charge in [0.05, 0.1) is 0 Å². The second-order valence-corrected chi connectivity index (χ2v) is 5.02. The van der Waals surface area contributed by atoms with Gasteiger partial charge < -0.3 is 9.84 Å². The molecule has 17 heavy (non-hydrogen) atoms. The Morgan fingerprint density at radius 3 is 3.00 bits per heavy atom. The minimum atomic E-state index is 0.509. The normalized spacial score (nSPS) is 24.8. The highest BCUT2D eigenvalue weighted by molar-refractivity contribution is 5.19. The Morgan fingerprint density at radius 1 is 1.35 bits per heavy atom. The zero-order valence-electron chi connectivity index (χ0n) is 10.9. The molecule has 0 aliphatic heterocycles. The summed E-state index contributed by atoms with van der Waals surface area (Å²) >= 11 is 0. The maximum Gasteiger partial charge on any atom is 0.321 e. The van der Waals surface area contributed by atoms with Crippen LogP contribution in [0.3, 0.4) is 0 Å². The molecule has 0 radical (unpaired) electrons. The first-order chi connectivity index (χ1) is 8.33. The minimum absolute atomic E-state index is 0.509. The van der Waals surface area contributed by atoms with Crippen LogP contribution in [0.25, 0.3) is 0 Å². The molecule has 2 rings (SSSR count). The van der Waals surface area contributed by atoms with Crippen molar-refractivity contribution in [3.63, 3.8) is 0 Å². The number of nitrogens with one attached hydrogen (secondary N) is 1. The molecule has 0 saturated heterocycles. The summed E-state index contributed by atoms with van der Waals surface area (Å²) in [6.45, 7) is 5.29. The first kappa shape index (κ1) is 12.4. The van der Waals surface area contributed by atoms with E-state index in [0.29, 0.717) is 11.9 Å². The Hall–Kier alpha value is -1.06. The van der Waals surface area contributed by atoms with Crippen LogP contribution in [0.15, 0.2) is 4.52 Å². The van der Waals surface area contributed by atoms with E-state index in [0.717, 1.165) is 24.7 Å². The van der Waals surface area contributed by atoms with Crippen LogP contribution in [-0.4, -0.2) is 16.7 Å². The monoisotopic (exact) mass is 237 g/mol. The summed E-state index contributed by atoms with van der Waals surface area (Å²) in [5.74, 6) is 2.26. The highest BCUT2D eigenvalue weighted by Gasteiger charge is 2.25. The van der Waals surface area contributed by atoms with E-state index in [1.54, 1.807) is 0 Å². The molecule has 0 spiro atoms. The van der Waals surface area contributed by atoms with Gasteiger partial charge in [-0.15, -0.1) is 0 Å². The minimum Gasteiger partial charge on any atom is -0.338 e. The summed E-state index contributed by atoms with van der Waals surface area (Å²) < 4.78 is 5.22. The van der Waals surface area contributed by atoms with Crippen LogP contribution in [0.2, 0.25) is 0 Å². The first-order valence-electron chi connectivity index (χ1n) is 6.91. The molecule has 2 atom stereocenters. The molecule has 0 aromatic carbocycles. The van der Waals surface area contributed by atoms with Gasteiger partial charge in [-0.25, -0.2) is 0 Å². The molecule has 1 heterocycles. The van der Waals surface area contributed by atoms with Crippen molar-refractivity contribution in [3.8, 4) is 0 Å². The van der Waals surface area contributed by atoms with Gasteiger partial charge in [-0.3, -0.25) is 0 Å². The van der Waals surface area contributed by atoms with Gasteiger partial charge in [0.25, 0.3) is 0 Å². The molecule has 1 aromatic rings. The maximum absolute atomic E-state index is 5.22. The molecule has 4 nitrogen and oxygen atoms in total. The van der Waals surface area contributed by atoms with Gasteiger partial charge in [0.2, 0.25) is 0 Å². The zero-order valence-corrected chi connectivity index (χ0v) is 10.9. The zero-order chi connectivity index (χ0) is 12.1. The van der Waals surface area contributed by atoms with Crippen LogP contribution < -0.4 is 5.32 Å². The summed E-state index contributed by atoms with van der Waals surface area (Å²) in [5.41, 5.74) is 0. The standard InChI is InChI=1S/C13H23N3O/c1-3-8-14-13-15-12(16-17-13)11-7-5-6-10(4-2)9-11/h10-11H,3-9H2,1-2H3,(H,14,15,16). The SMILES string of the molecule is CCCNc1nc(C2CCCC(CC)C2)no1. The van der Waals surface area contributed by atoms with Crippen molar-refractivity contribution in [3.05, 3.63) is 5.82 Å². The summed E-state index contributed by atoms with van der Waals surface area (Å²) in [4.78, 5) is 4.45. The topological polar surface area (TPSA) is 51.0 Å². The Labute approximate surface area is 103 Å². The largest absolute Gasteiger partial charge is 0.338 e. The molecule has 4 heteroatoms. The molecule has 1 aromatic heterocycles. The van der Waals surface area contributed by atoms with E-state index in [9.17, 15) is 0 Å². The molecule has 1 aliphatic carbocycles. The van der Waals surface area contributed by atoms with E-state index in [4.69, 9.17) is 4.52 Å². The Bertz CT molecular complexity index is 337. The van der Waals surface area contributed by atoms with Gasteiger partial charge in [0, 0.05) is 12.5 Å². The Kier molecular flexibility index (Phi) is 4.40. The molecular weight excluding hydrogens is 214 g/mol. The van der Waals surface area contributed by atoms with E-state index in [1.807, 2.05) is 0 Å². The van der Waals surface area contributed by atoms with Gasteiger partial charge in [-0.2, -0.15) is 4.98 Å². The van der Waals surface area contributed by atoms with Crippen molar-refractivity contribution in [2.45, 2.75) is 58.3 Å². The van der Waals surface area contributed by atoms with Crippen LogP contribution in [-0.2, 0) is 0 Å². The number of rotatable bonds is 5. The van der Waals surface area contributed by atoms with E-state index in [1.165, 1.54) is 32.1 Å². The van der Waals surface area contributed by atoms with E-state index in [-0.39, 0.29) is 0 Å². The smallest absolute Gasteiger partial charge is 0.321 e. The van der Waals surface area contributed by atoms with Crippen molar-refractivity contribution in [1.82, 2.24) is 10.1 Å². The molecule has 0 bridgehead atoms. The first-order valence-corrected chi connectivity index (χ1v) is 6.91. The lowest BCUT2D eigenvalue weighted by molar-refractivity contribution is 0.300. The fourth-order valence-electron chi connectivity index (χ4n) is 2.60. The molecule has 1 aliphatic rings. The summed E-state index contributed by atoms with van der Waals surface area (Å²) in [6.07, 6.45) is 7.45. The van der Waals surface area contributed by atoms with Gasteiger partial charge in [0.1, 0.15) is 0 Å². The highest BCUT2D eigenvalue weighted by Crippen LogP contribution is 2.36. The third-order valence-corrected chi connectivity index (χ3v) is 3.69. The lowest BCUT2D eigenvalue weighted by atomic mass is 9.80. The lowest BCUT2D eigenvalue weighted by Crippen LogP contribution is -2.14. The maximum atomic E-state index is 5.22. The number of nitrogens with zero attached hydrogens (tertiary/aromatic N) is 2. The van der Waals surface area contributed by atoms with Crippen molar-refractivity contribution in [2.75, 3.05) is 11.9 Å². The van der Waals surface area contributed by atoms with Crippen molar-refractivity contribution in [1.29, 1.82) is 0 Å². The van der Waals surface area contributed by atoms with Gasteiger partial charge in [0.15, 0.2) is 5.82 Å². The lowest BCUT2D eigenvalue weighted by Gasteiger charge is -2.25. The third kappa shape index (κ3) is 3.20. The molecule has 2 unspecified atom stereocenters. The van der Waals surface area contributed by atoms with E-state index >= 15 is 0 Å². The molecule has 1 N–H and O–H groups in total. The van der Waals surface area contributed by atoms with Gasteiger partial charge in [-0.05, 0) is 25.2 Å². The molecule has 1 fully saturated rings. The molecular formula is C13H23N3O. The van der Waals surface area contributed by atoms with E-state index in [2.05, 4.69) is 29.3 Å². The number of hydrogen-bond donors (Lipinski definition) is 1. The summed E-state index contributed by atoms with van der Waals surface area (Å²) in [6, 6.07) is 0.584. The number of hydrogen-bond acceptors (Lipinski definition) is 4. The van der Waals surface area contributed by atoms with Crippen LogP contribution in [0.5, 0.6) is 0 Å². The van der Waals surface area contributed by atoms with Crippen molar-refractivity contribution < 1.29 is 4.52 Å². The predicted molar refractivity (Wildman–Crippen MR) is 68.1 cm³/mol.